The van der Waals surface area contributed by atoms with Gasteiger partial charge in [0.25, 0.3) is 0 Å². The molecule has 3 rings (SSSR count). The lowest BCUT2D eigenvalue weighted by atomic mass is 9.73. The van der Waals surface area contributed by atoms with Crippen LogP contribution in [0.15, 0.2) is 0 Å². The molecule has 6 atom stereocenters. The van der Waals surface area contributed by atoms with Gasteiger partial charge in [-0.25, -0.2) is 0 Å². The maximum Gasteiger partial charge on any atom is 0.317 e. The number of cyclic esters (lactones) is 2. The molecule has 100 valence electrons. The fourth-order valence-corrected chi connectivity index (χ4v) is 4.69. The molecule has 0 aromatic carbocycles. The third-order valence-electron chi connectivity index (χ3n) is 5.80. The monoisotopic (exact) mass is 250 g/mol. The van der Waals surface area contributed by atoms with Gasteiger partial charge in [0.15, 0.2) is 0 Å². The normalized spacial score (nSPS) is 46.8. The van der Waals surface area contributed by atoms with Crippen LogP contribution in [0.5, 0.6) is 0 Å². The predicted octanol–water partition coefficient (Wildman–Crippen LogP) is 2.78. The fourth-order valence-electron chi connectivity index (χ4n) is 4.69. The van der Waals surface area contributed by atoms with Gasteiger partial charge in [-0.05, 0) is 55.8 Å². The van der Waals surface area contributed by atoms with Gasteiger partial charge in [-0.2, -0.15) is 0 Å². The zero-order chi connectivity index (χ0) is 12.9. The van der Waals surface area contributed by atoms with Crippen molar-refractivity contribution in [3.63, 3.8) is 0 Å². The first kappa shape index (κ1) is 12.2. The molecule has 2 aliphatic carbocycles. The second kappa shape index (κ2) is 4.36. The zero-order valence-electron chi connectivity index (χ0n) is 11.2. The largest absolute Gasteiger partial charge is 0.393 e. The van der Waals surface area contributed by atoms with Gasteiger partial charge >= 0.3 is 11.9 Å². The number of rotatable bonds is 3. The van der Waals surface area contributed by atoms with Crippen LogP contribution in [0, 0.1) is 35.5 Å². The third kappa shape index (κ3) is 1.70. The number of ether oxygens (including phenoxy) is 1. The summed E-state index contributed by atoms with van der Waals surface area (Å²) in [4.78, 5) is 23.4. The molecule has 1 aliphatic heterocycles. The molecule has 3 aliphatic rings. The maximum atomic E-state index is 11.8. The molecule has 0 amide bonds. The van der Waals surface area contributed by atoms with E-state index in [1.165, 1.54) is 19.3 Å². The number of fused-ring (bicyclic) bond motifs is 2. The minimum absolute atomic E-state index is 0.158. The second-order valence-electron chi connectivity index (χ2n) is 6.45. The summed E-state index contributed by atoms with van der Waals surface area (Å²) in [6.45, 7) is 4.30. The van der Waals surface area contributed by atoms with Crippen molar-refractivity contribution < 1.29 is 14.3 Å². The molecular weight excluding hydrogens is 228 g/mol. The molecule has 0 aromatic rings. The van der Waals surface area contributed by atoms with Crippen LogP contribution in [0.4, 0.5) is 0 Å². The Kier molecular flexibility index (Phi) is 2.95. The van der Waals surface area contributed by atoms with Crippen LogP contribution >= 0.6 is 0 Å². The lowest BCUT2D eigenvalue weighted by Crippen LogP contribution is -2.27. The minimum Gasteiger partial charge on any atom is -0.393 e. The van der Waals surface area contributed by atoms with E-state index in [0.717, 1.165) is 30.6 Å². The molecule has 3 heteroatoms. The van der Waals surface area contributed by atoms with Crippen molar-refractivity contribution in [2.24, 2.45) is 35.5 Å². The van der Waals surface area contributed by atoms with E-state index in [2.05, 4.69) is 6.92 Å². The molecule has 1 heterocycles. The summed E-state index contributed by atoms with van der Waals surface area (Å²) in [5.41, 5.74) is 0. The molecule has 0 aromatic heterocycles. The van der Waals surface area contributed by atoms with Crippen molar-refractivity contribution in [1.82, 2.24) is 0 Å². The molecule has 3 nitrogen and oxygen atoms in total. The summed E-state index contributed by atoms with van der Waals surface area (Å²) in [6.07, 6.45) is 5.65. The highest BCUT2D eigenvalue weighted by Gasteiger charge is 2.50. The second-order valence-corrected chi connectivity index (χ2v) is 6.45. The van der Waals surface area contributed by atoms with E-state index in [-0.39, 0.29) is 23.8 Å². The van der Waals surface area contributed by atoms with Crippen LogP contribution < -0.4 is 0 Å². The van der Waals surface area contributed by atoms with Crippen molar-refractivity contribution in [2.75, 3.05) is 0 Å². The number of carbonyl (C=O) groups excluding carboxylic acids is 2. The highest BCUT2D eigenvalue weighted by atomic mass is 16.6. The van der Waals surface area contributed by atoms with Crippen molar-refractivity contribution in [3.8, 4) is 0 Å². The van der Waals surface area contributed by atoms with E-state index in [1.54, 1.807) is 0 Å². The maximum absolute atomic E-state index is 11.8. The van der Waals surface area contributed by atoms with Gasteiger partial charge in [-0.1, -0.05) is 13.8 Å². The smallest absolute Gasteiger partial charge is 0.317 e. The lowest BCUT2D eigenvalue weighted by molar-refractivity contribution is -0.154. The first-order valence-corrected chi connectivity index (χ1v) is 7.37. The van der Waals surface area contributed by atoms with Crippen LogP contribution in [0.3, 0.4) is 0 Å². The van der Waals surface area contributed by atoms with E-state index < -0.39 is 0 Å². The molecule has 18 heavy (non-hydrogen) atoms. The summed E-state index contributed by atoms with van der Waals surface area (Å²) in [6, 6.07) is 0. The van der Waals surface area contributed by atoms with Crippen LogP contribution in [-0.4, -0.2) is 11.9 Å². The van der Waals surface area contributed by atoms with Crippen LogP contribution in [0.1, 0.15) is 46.0 Å². The first-order valence-electron chi connectivity index (χ1n) is 7.37. The van der Waals surface area contributed by atoms with E-state index >= 15 is 0 Å². The Hall–Kier alpha value is -0.860. The van der Waals surface area contributed by atoms with Crippen LogP contribution in [-0.2, 0) is 14.3 Å². The Balaban J connectivity index is 1.72. The van der Waals surface area contributed by atoms with Gasteiger partial charge in [0.2, 0.25) is 0 Å². The minimum atomic E-state index is -0.289. The summed E-state index contributed by atoms with van der Waals surface area (Å²) in [7, 11) is 0. The van der Waals surface area contributed by atoms with Gasteiger partial charge in [-0.15, -0.1) is 0 Å². The number of hydrogen-bond donors (Lipinski definition) is 0. The van der Waals surface area contributed by atoms with Crippen molar-refractivity contribution in [3.05, 3.63) is 0 Å². The number of hydrogen-bond acceptors (Lipinski definition) is 3. The standard InChI is InChI=1S/C15H22O3/c1-3-11-13(15(17)18-14(11)16)7-12-8(2)9-4-5-10(12)6-9/h8-13H,3-7H2,1-2H3. The van der Waals surface area contributed by atoms with Gasteiger partial charge in [0, 0.05) is 0 Å². The Labute approximate surface area is 108 Å². The topological polar surface area (TPSA) is 43.4 Å². The Morgan fingerprint density at radius 3 is 2.39 bits per heavy atom. The molecule has 0 radical (unpaired) electrons. The summed E-state index contributed by atoms with van der Waals surface area (Å²) < 4.78 is 4.83. The van der Waals surface area contributed by atoms with E-state index in [4.69, 9.17) is 4.74 Å². The Morgan fingerprint density at radius 2 is 1.78 bits per heavy atom. The van der Waals surface area contributed by atoms with E-state index in [1.807, 2.05) is 6.92 Å². The molecule has 2 saturated carbocycles. The van der Waals surface area contributed by atoms with Crippen molar-refractivity contribution >= 4 is 11.9 Å². The quantitative estimate of drug-likeness (QED) is 0.571. The Bertz CT molecular complexity index is 374. The summed E-state index contributed by atoms with van der Waals surface area (Å²) in [5, 5.41) is 0. The Morgan fingerprint density at radius 1 is 1.11 bits per heavy atom. The van der Waals surface area contributed by atoms with Gasteiger partial charge in [-0.3, -0.25) is 9.59 Å². The van der Waals surface area contributed by atoms with E-state index in [9.17, 15) is 9.59 Å². The van der Waals surface area contributed by atoms with Crippen LogP contribution in [0.2, 0.25) is 0 Å². The highest BCUT2D eigenvalue weighted by molar-refractivity contribution is 5.96. The van der Waals surface area contributed by atoms with Gasteiger partial charge in [0.1, 0.15) is 0 Å². The average Bonchev–Trinajstić information content (AvgIpc) is 2.97. The van der Waals surface area contributed by atoms with Crippen molar-refractivity contribution in [2.45, 2.75) is 46.0 Å². The SMILES string of the molecule is CCC1C(=O)OC(=O)C1CC1C2CCC(C2)C1C. The lowest BCUT2D eigenvalue weighted by Gasteiger charge is -2.30. The first-order chi connectivity index (χ1) is 8.61. The van der Waals surface area contributed by atoms with Crippen molar-refractivity contribution in [1.29, 1.82) is 0 Å². The zero-order valence-corrected chi connectivity index (χ0v) is 11.2. The highest BCUT2D eigenvalue weighted by Crippen LogP contribution is 2.54. The molecule has 2 bridgehead atoms. The molecule has 6 unspecified atom stereocenters. The average molecular weight is 250 g/mol. The van der Waals surface area contributed by atoms with Gasteiger partial charge < -0.3 is 4.74 Å². The molecular formula is C15H22O3. The summed E-state index contributed by atoms with van der Waals surface area (Å²) >= 11 is 0. The van der Waals surface area contributed by atoms with Gasteiger partial charge in [0.05, 0.1) is 11.8 Å². The van der Waals surface area contributed by atoms with E-state index in [0.29, 0.717) is 5.92 Å². The summed E-state index contributed by atoms with van der Waals surface area (Å²) in [5.74, 6) is 2.15. The number of carbonyl (C=O) groups is 2. The van der Waals surface area contributed by atoms with Crippen LogP contribution in [0.25, 0.3) is 0 Å². The number of esters is 2. The molecule has 0 spiro atoms. The molecule has 0 N–H and O–H groups in total. The molecule has 1 saturated heterocycles. The molecule has 3 fully saturated rings. The fraction of sp³-hybridized carbons (Fsp3) is 0.867. The third-order valence-corrected chi connectivity index (χ3v) is 5.80. The predicted molar refractivity (Wildman–Crippen MR) is 66.5 cm³/mol.